The van der Waals surface area contributed by atoms with Crippen molar-refractivity contribution in [2.24, 2.45) is 5.11 Å². The summed E-state index contributed by atoms with van der Waals surface area (Å²) in [6.45, 7) is 8.82. The first-order chi connectivity index (χ1) is 12.4. The number of hydrogen-bond acceptors (Lipinski definition) is 3. The molecule has 0 bridgehead atoms. The van der Waals surface area contributed by atoms with E-state index in [1.807, 2.05) is 6.92 Å². The number of imidazole rings is 1. The Morgan fingerprint density at radius 3 is 2.50 bits per heavy atom. The van der Waals surface area contributed by atoms with E-state index in [-0.39, 0.29) is 5.92 Å². The largest absolute Gasteiger partial charge is 0.280 e. The van der Waals surface area contributed by atoms with Gasteiger partial charge in [0.1, 0.15) is 11.3 Å². The molecule has 2 heterocycles. The smallest absolute Gasteiger partial charge is 0.165 e. The van der Waals surface area contributed by atoms with Crippen LogP contribution in [0.25, 0.3) is 27.3 Å². The van der Waals surface area contributed by atoms with Gasteiger partial charge in [-0.3, -0.25) is 4.57 Å². The van der Waals surface area contributed by atoms with Crippen LogP contribution in [0.5, 0.6) is 0 Å². The number of fused-ring (bicyclic) bond motifs is 1. The van der Waals surface area contributed by atoms with Crippen LogP contribution in [0.2, 0.25) is 0 Å². The van der Waals surface area contributed by atoms with Gasteiger partial charge in [0.25, 0.3) is 0 Å². The highest BCUT2D eigenvalue weighted by Crippen LogP contribution is 2.31. The van der Waals surface area contributed by atoms with Crippen LogP contribution in [-0.4, -0.2) is 21.1 Å². The zero-order valence-corrected chi connectivity index (χ0v) is 16.9. The predicted octanol–water partition coefficient (Wildman–Crippen LogP) is 5.78. The highest BCUT2D eigenvalue weighted by molar-refractivity contribution is 9.10. The maximum atomic E-state index is 8.40. The first-order valence-electron chi connectivity index (χ1n) is 8.59. The van der Waals surface area contributed by atoms with Crippen molar-refractivity contribution in [1.29, 1.82) is 0 Å². The molecule has 0 aliphatic rings. The van der Waals surface area contributed by atoms with Gasteiger partial charge in [-0.1, -0.05) is 31.1 Å². The zero-order valence-electron chi connectivity index (χ0n) is 15.4. The Labute approximate surface area is 161 Å². The van der Waals surface area contributed by atoms with Crippen LogP contribution < -0.4 is 0 Å². The third-order valence-electron chi connectivity index (χ3n) is 4.43. The van der Waals surface area contributed by atoms with Crippen LogP contribution in [-0.2, 0) is 6.42 Å². The SMILES string of the molecule is Cc1nc2c(nc(C(C)C)n2-c2ccc(CCN=[N+]=[N-])cc2)c(C)c1Br. The Morgan fingerprint density at radius 2 is 1.88 bits per heavy atom. The maximum absolute atomic E-state index is 8.40. The number of benzene rings is 1. The fraction of sp³-hybridized carbons (Fsp3) is 0.368. The third-order valence-corrected chi connectivity index (χ3v) is 5.60. The van der Waals surface area contributed by atoms with Crippen LogP contribution in [0.15, 0.2) is 33.9 Å². The first kappa shape index (κ1) is 18.4. The van der Waals surface area contributed by atoms with Crippen molar-refractivity contribution in [2.75, 3.05) is 6.54 Å². The zero-order chi connectivity index (χ0) is 18.8. The number of pyridine rings is 1. The second-order valence-electron chi connectivity index (χ2n) is 6.64. The van der Waals surface area contributed by atoms with Gasteiger partial charge in [-0.05, 0) is 65.0 Å². The predicted molar refractivity (Wildman–Crippen MR) is 108 cm³/mol. The fourth-order valence-corrected chi connectivity index (χ4v) is 3.32. The van der Waals surface area contributed by atoms with Gasteiger partial charge in [0.2, 0.25) is 0 Å². The summed E-state index contributed by atoms with van der Waals surface area (Å²) in [6, 6.07) is 8.28. The van der Waals surface area contributed by atoms with Crippen LogP contribution >= 0.6 is 15.9 Å². The van der Waals surface area contributed by atoms with Gasteiger partial charge in [-0.25, -0.2) is 9.97 Å². The molecule has 3 aromatic rings. The molecule has 6 nitrogen and oxygen atoms in total. The first-order valence-corrected chi connectivity index (χ1v) is 9.38. The highest BCUT2D eigenvalue weighted by atomic mass is 79.9. The molecule has 0 saturated carbocycles. The van der Waals surface area contributed by atoms with E-state index in [1.54, 1.807) is 0 Å². The number of aryl methyl sites for hydroxylation is 2. The molecule has 0 atom stereocenters. The van der Waals surface area contributed by atoms with Gasteiger partial charge in [-0.15, -0.1) is 0 Å². The normalized spacial score (nSPS) is 11.2. The van der Waals surface area contributed by atoms with E-state index in [1.165, 1.54) is 0 Å². The molecule has 0 amide bonds. The summed E-state index contributed by atoms with van der Waals surface area (Å²) < 4.78 is 3.15. The number of halogens is 1. The van der Waals surface area contributed by atoms with Gasteiger partial charge < -0.3 is 0 Å². The molecule has 0 N–H and O–H groups in total. The summed E-state index contributed by atoms with van der Waals surface area (Å²) in [5, 5.41) is 3.60. The van der Waals surface area contributed by atoms with E-state index in [4.69, 9.17) is 15.5 Å². The Balaban J connectivity index is 2.14. The van der Waals surface area contributed by atoms with Crippen molar-refractivity contribution in [3.8, 4) is 5.69 Å². The van der Waals surface area contributed by atoms with Gasteiger partial charge in [0, 0.05) is 27.5 Å². The number of aromatic nitrogens is 3. The Kier molecular flexibility index (Phi) is 5.30. The van der Waals surface area contributed by atoms with E-state index < -0.39 is 0 Å². The van der Waals surface area contributed by atoms with E-state index in [2.05, 4.69) is 75.6 Å². The number of rotatable bonds is 5. The number of hydrogen-bond donors (Lipinski definition) is 0. The van der Waals surface area contributed by atoms with Gasteiger partial charge in [-0.2, -0.15) is 0 Å². The number of azide groups is 1. The van der Waals surface area contributed by atoms with E-state index >= 15 is 0 Å². The van der Waals surface area contributed by atoms with Crippen molar-refractivity contribution >= 4 is 27.1 Å². The van der Waals surface area contributed by atoms with Crippen molar-refractivity contribution < 1.29 is 0 Å². The van der Waals surface area contributed by atoms with Crippen LogP contribution in [0.3, 0.4) is 0 Å². The second kappa shape index (κ2) is 7.48. The summed E-state index contributed by atoms with van der Waals surface area (Å²) in [4.78, 5) is 12.5. The van der Waals surface area contributed by atoms with Crippen molar-refractivity contribution in [3.63, 3.8) is 0 Å². The molecular formula is C19H21BrN6. The molecular weight excluding hydrogens is 392 g/mol. The standard InChI is InChI=1S/C19H21BrN6/c1-11(2)18-24-17-12(3)16(20)13(4)23-19(17)26(18)15-7-5-14(6-8-15)9-10-22-25-21/h5-8,11H,9-10H2,1-4H3. The average molecular weight is 413 g/mol. The molecule has 134 valence electrons. The quantitative estimate of drug-likeness (QED) is 0.302. The van der Waals surface area contributed by atoms with Crippen molar-refractivity contribution in [2.45, 2.75) is 40.0 Å². The molecule has 0 aliphatic carbocycles. The molecule has 0 spiro atoms. The lowest BCUT2D eigenvalue weighted by Gasteiger charge is -2.12. The Bertz CT molecular complexity index is 997. The van der Waals surface area contributed by atoms with Crippen LogP contribution in [0, 0.1) is 13.8 Å². The van der Waals surface area contributed by atoms with E-state index in [0.29, 0.717) is 6.54 Å². The van der Waals surface area contributed by atoms with E-state index in [9.17, 15) is 0 Å². The minimum Gasteiger partial charge on any atom is -0.280 e. The molecule has 0 aliphatic heterocycles. The third kappa shape index (κ3) is 3.32. The van der Waals surface area contributed by atoms with E-state index in [0.717, 1.165) is 50.4 Å². The summed E-state index contributed by atoms with van der Waals surface area (Å²) in [5.41, 5.74) is 14.5. The molecule has 0 saturated heterocycles. The van der Waals surface area contributed by atoms with Crippen molar-refractivity contribution in [1.82, 2.24) is 14.5 Å². The van der Waals surface area contributed by atoms with Crippen LogP contribution in [0.4, 0.5) is 0 Å². The topological polar surface area (TPSA) is 79.5 Å². The Morgan fingerprint density at radius 1 is 1.19 bits per heavy atom. The fourth-order valence-electron chi connectivity index (χ4n) is 3.04. The summed E-state index contributed by atoms with van der Waals surface area (Å²) in [5.74, 6) is 1.27. The summed E-state index contributed by atoms with van der Waals surface area (Å²) >= 11 is 3.62. The molecule has 2 aromatic heterocycles. The average Bonchev–Trinajstić information content (AvgIpc) is 3.00. The summed E-state index contributed by atoms with van der Waals surface area (Å²) in [6.07, 6.45) is 0.732. The lowest BCUT2D eigenvalue weighted by atomic mass is 10.1. The lowest BCUT2D eigenvalue weighted by molar-refractivity contribution is 0.757. The highest BCUT2D eigenvalue weighted by Gasteiger charge is 2.19. The van der Waals surface area contributed by atoms with Gasteiger partial charge >= 0.3 is 0 Å². The van der Waals surface area contributed by atoms with Gasteiger partial charge in [0.05, 0.1) is 5.69 Å². The number of nitrogens with zero attached hydrogens (tertiary/aromatic N) is 6. The molecule has 0 unspecified atom stereocenters. The second-order valence-corrected chi connectivity index (χ2v) is 7.43. The Hall–Kier alpha value is -2.37. The monoisotopic (exact) mass is 412 g/mol. The van der Waals surface area contributed by atoms with Crippen LogP contribution in [0.1, 0.15) is 42.4 Å². The molecule has 0 fully saturated rings. The maximum Gasteiger partial charge on any atom is 0.165 e. The molecule has 0 radical (unpaired) electrons. The minimum atomic E-state index is 0.271. The lowest BCUT2D eigenvalue weighted by Crippen LogP contribution is -2.04. The molecule has 26 heavy (non-hydrogen) atoms. The van der Waals surface area contributed by atoms with Crippen molar-refractivity contribution in [3.05, 3.63) is 61.8 Å². The molecule has 3 rings (SSSR count). The van der Waals surface area contributed by atoms with Gasteiger partial charge in [0.15, 0.2) is 5.65 Å². The molecule has 7 heteroatoms. The molecule has 1 aromatic carbocycles. The minimum absolute atomic E-state index is 0.271. The summed E-state index contributed by atoms with van der Waals surface area (Å²) in [7, 11) is 0.